The Morgan fingerprint density at radius 1 is 1.07 bits per heavy atom. The molecule has 2 amide bonds. The van der Waals surface area contributed by atoms with Crippen LogP contribution in [0.25, 0.3) is 0 Å². The molecule has 0 radical (unpaired) electrons. The second-order valence-electron chi connectivity index (χ2n) is 6.88. The lowest BCUT2D eigenvalue weighted by molar-refractivity contribution is -0.881. The Labute approximate surface area is 171 Å². The molecule has 1 aliphatic heterocycles. The van der Waals surface area contributed by atoms with E-state index < -0.39 is 0 Å². The van der Waals surface area contributed by atoms with Crippen molar-refractivity contribution in [2.24, 2.45) is 0 Å². The van der Waals surface area contributed by atoms with Gasteiger partial charge in [-0.05, 0) is 31.5 Å². The molecule has 28 heavy (non-hydrogen) atoms. The fourth-order valence-electron chi connectivity index (χ4n) is 3.52. The number of quaternary nitrogens is 1. The second-order valence-corrected chi connectivity index (χ2v) is 7.94. The molecule has 0 saturated carbocycles. The van der Waals surface area contributed by atoms with E-state index in [9.17, 15) is 9.59 Å². The van der Waals surface area contributed by atoms with Gasteiger partial charge in [0.05, 0.1) is 18.3 Å². The first kappa shape index (κ1) is 20.4. The van der Waals surface area contributed by atoms with E-state index in [0.717, 1.165) is 33.3 Å². The fourth-order valence-corrected chi connectivity index (χ4v) is 4.68. The highest BCUT2D eigenvalue weighted by molar-refractivity contribution is 7.99. The van der Waals surface area contributed by atoms with Crippen molar-refractivity contribution in [1.82, 2.24) is 5.32 Å². The van der Waals surface area contributed by atoms with E-state index in [1.54, 1.807) is 11.8 Å². The van der Waals surface area contributed by atoms with Crippen LogP contribution >= 0.6 is 11.8 Å². The maximum absolute atomic E-state index is 13.4. The number of carbonyl (C=O) groups is 2. The standard InChI is InChI=1S/C22H27N3O2S/c1-3-23-21(26)14-24(4-2)15-22(27)25-18-12-8-9-13-20(18)28-16-19(25)17-10-6-5-7-11-17/h5-13,19H,3-4,14-16H2,1-2H3,(H,23,26)/p+1/t19-/m1/s1. The number of fused-ring (bicyclic) bond motifs is 1. The molecule has 2 aromatic rings. The van der Waals surface area contributed by atoms with Gasteiger partial charge in [-0.25, -0.2) is 0 Å². The number of hydrogen-bond donors (Lipinski definition) is 2. The maximum Gasteiger partial charge on any atom is 0.282 e. The first-order chi connectivity index (χ1) is 13.6. The predicted molar refractivity (Wildman–Crippen MR) is 114 cm³/mol. The van der Waals surface area contributed by atoms with Gasteiger partial charge in [-0.1, -0.05) is 42.5 Å². The fraction of sp³-hybridized carbons (Fsp3) is 0.364. The lowest BCUT2D eigenvalue weighted by atomic mass is 10.1. The zero-order valence-corrected chi connectivity index (χ0v) is 17.3. The summed E-state index contributed by atoms with van der Waals surface area (Å²) in [5.41, 5.74) is 2.10. The van der Waals surface area contributed by atoms with E-state index in [4.69, 9.17) is 0 Å². The van der Waals surface area contributed by atoms with Crippen molar-refractivity contribution >= 4 is 29.3 Å². The molecule has 2 aromatic carbocycles. The van der Waals surface area contributed by atoms with Crippen LogP contribution in [0.1, 0.15) is 25.5 Å². The van der Waals surface area contributed by atoms with Crippen molar-refractivity contribution in [3.8, 4) is 0 Å². The third kappa shape index (κ3) is 4.75. The van der Waals surface area contributed by atoms with Crippen molar-refractivity contribution in [1.29, 1.82) is 0 Å². The summed E-state index contributed by atoms with van der Waals surface area (Å²) in [6.45, 7) is 5.87. The highest BCUT2D eigenvalue weighted by Gasteiger charge is 2.34. The van der Waals surface area contributed by atoms with Crippen molar-refractivity contribution < 1.29 is 14.5 Å². The Morgan fingerprint density at radius 2 is 1.79 bits per heavy atom. The first-order valence-electron chi connectivity index (χ1n) is 9.83. The molecule has 2 N–H and O–H groups in total. The van der Waals surface area contributed by atoms with Crippen LogP contribution in [0.15, 0.2) is 59.5 Å². The maximum atomic E-state index is 13.4. The second kappa shape index (κ2) is 9.75. The molecule has 0 aromatic heterocycles. The van der Waals surface area contributed by atoms with Gasteiger partial charge in [0.15, 0.2) is 13.1 Å². The highest BCUT2D eigenvalue weighted by Crippen LogP contribution is 2.42. The van der Waals surface area contributed by atoms with Gasteiger partial charge in [0.2, 0.25) is 0 Å². The molecule has 148 valence electrons. The number of rotatable bonds is 7. The molecule has 5 nitrogen and oxygen atoms in total. The van der Waals surface area contributed by atoms with E-state index in [1.165, 1.54) is 0 Å². The molecular weight excluding hydrogens is 370 g/mol. The monoisotopic (exact) mass is 398 g/mol. The zero-order chi connectivity index (χ0) is 19.9. The minimum atomic E-state index is -0.0126. The Bertz CT molecular complexity index is 812. The van der Waals surface area contributed by atoms with Crippen LogP contribution in [0.2, 0.25) is 0 Å². The van der Waals surface area contributed by atoms with Gasteiger partial charge < -0.3 is 10.2 Å². The van der Waals surface area contributed by atoms with Crippen LogP contribution in [0, 0.1) is 0 Å². The summed E-state index contributed by atoms with van der Waals surface area (Å²) in [4.78, 5) is 29.5. The molecule has 1 aliphatic rings. The zero-order valence-electron chi connectivity index (χ0n) is 16.5. The molecule has 0 spiro atoms. The minimum absolute atomic E-state index is 0.00354. The molecule has 6 heteroatoms. The van der Waals surface area contributed by atoms with Crippen molar-refractivity contribution in [2.45, 2.75) is 24.8 Å². The normalized spacial score (nSPS) is 16.9. The van der Waals surface area contributed by atoms with Gasteiger partial charge in [0, 0.05) is 17.2 Å². The molecule has 2 atom stereocenters. The summed E-state index contributed by atoms with van der Waals surface area (Å²) in [5, 5.41) is 2.83. The van der Waals surface area contributed by atoms with E-state index in [0.29, 0.717) is 19.6 Å². The van der Waals surface area contributed by atoms with Gasteiger partial charge in [0.25, 0.3) is 11.8 Å². The largest absolute Gasteiger partial charge is 0.351 e. The summed E-state index contributed by atoms with van der Waals surface area (Å²) in [7, 11) is 0. The number of thioether (sulfide) groups is 1. The number of amides is 2. The number of carbonyl (C=O) groups excluding carboxylic acids is 2. The average Bonchev–Trinajstić information content (AvgIpc) is 2.73. The Balaban J connectivity index is 1.85. The Kier molecular flexibility index (Phi) is 7.12. The van der Waals surface area contributed by atoms with Gasteiger partial charge in [-0.3, -0.25) is 14.5 Å². The van der Waals surface area contributed by atoms with Crippen LogP contribution in [0.4, 0.5) is 5.69 Å². The van der Waals surface area contributed by atoms with Gasteiger partial charge in [-0.2, -0.15) is 0 Å². The molecule has 1 heterocycles. The lowest BCUT2D eigenvalue weighted by Gasteiger charge is -2.37. The number of hydrogen-bond acceptors (Lipinski definition) is 3. The van der Waals surface area contributed by atoms with E-state index in [1.807, 2.05) is 55.1 Å². The molecule has 0 aliphatic carbocycles. The van der Waals surface area contributed by atoms with E-state index >= 15 is 0 Å². The summed E-state index contributed by atoms with van der Waals surface area (Å²) >= 11 is 1.79. The number of anilines is 1. The third-order valence-electron chi connectivity index (χ3n) is 4.97. The van der Waals surface area contributed by atoms with Crippen molar-refractivity contribution in [3.05, 3.63) is 60.2 Å². The Hall–Kier alpha value is -2.31. The molecule has 0 fully saturated rings. The molecule has 1 unspecified atom stereocenters. The molecule has 3 rings (SSSR count). The van der Waals surface area contributed by atoms with Crippen LogP contribution in [0.5, 0.6) is 0 Å². The first-order valence-corrected chi connectivity index (χ1v) is 10.8. The van der Waals surface area contributed by atoms with Gasteiger partial charge >= 0.3 is 0 Å². The topological polar surface area (TPSA) is 53.9 Å². The SMILES string of the molecule is CCNC(=O)C[NH+](CC)CC(=O)N1c2ccccc2SC[C@@H]1c1ccccc1. The number of benzene rings is 2. The van der Waals surface area contributed by atoms with Crippen molar-refractivity contribution in [2.75, 3.05) is 36.8 Å². The number of nitrogens with zero attached hydrogens (tertiary/aromatic N) is 1. The number of nitrogens with one attached hydrogen (secondary N) is 2. The van der Waals surface area contributed by atoms with Crippen LogP contribution < -0.4 is 15.1 Å². The number of para-hydroxylation sites is 1. The van der Waals surface area contributed by atoms with Crippen LogP contribution in [0.3, 0.4) is 0 Å². The van der Waals surface area contributed by atoms with E-state index in [2.05, 4.69) is 23.5 Å². The molecule has 0 bridgehead atoms. The molecule has 0 saturated heterocycles. The van der Waals surface area contributed by atoms with Crippen LogP contribution in [-0.4, -0.2) is 43.7 Å². The average molecular weight is 399 g/mol. The van der Waals surface area contributed by atoms with Gasteiger partial charge in [0.1, 0.15) is 0 Å². The minimum Gasteiger partial charge on any atom is -0.351 e. The smallest absolute Gasteiger partial charge is 0.282 e. The highest BCUT2D eigenvalue weighted by atomic mass is 32.2. The lowest BCUT2D eigenvalue weighted by Crippen LogP contribution is -3.14. The number of likely N-dealkylation sites (N-methyl/N-ethyl adjacent to an activating group) is 2. The summed E-state index contributed by atoms with van der Waals surface area (Å²) in [6.07, 6.45) is 0. The van der Waals surface area contributed by atoms with Crippen LogP contribution in [-0.2, 0) is 9.59 Å². The van der Waals surface area contributed by atoms with Crippen molar-refractivity contribution in [3.63, 3.8) is 0 Å². The molecular formula is C22H28N3O2S+. The summed E-state index contributed by atoms with van der Waals surface area (Å²) < 4.78 is 0. The van der Waals surface area contributed by atoms with Gasteiger partial charge in [-0.15, -0.1) is 11.8 Å². The quantitative estimate of drug-likeness (QED) is 0.749. The third-order valence-corrected chi connectivity index (χ3v) is 6.11. The summed E-state index contributed by atoms with van der Waals surface area (Å²) in [5.74, 6) is 0.869. The van der Waals surface area contributed by atoms with E-state index in [-0.39, 0.29) is 17.9 Å². The summed E-state index contributed by atoms with van der Waals surface area (Å²) in [6, 6.07) is 18.3. The predicted octanol–water partition coefficient (Wildman–Crippen LogP) is 1.91. The Morgan fingerprint density at radius 3 is 2.50 bits per heavy atom.